The molecule has 0 aromatic heterocycles. The zero-order chi connectivity index (χ0) is 19.8. The highest BCUT2D eigenvalue weighted by atomic mass is 16.6. The van der Waals surface area contributed by atoms with E-state index in [4.69, 9.17) is 14.2 Å². The second kappa shape index (κ2) is 7.09. The number of carbonyl (C=O) groups excluding carboxylic acids is 2. The van der Waals surface area contributed by atoms with Crippen LogP contribution in [0.15, 0.2) is 66.7 Å². The molecule has 0 radical (unpaired) electrons. The molecule has 0 spiro atoms. The van der Waals surface area contributed by atoms with Gasteiger partial charge < -0.3 is 14.2 Å². The fourth-order valence-electron chi connectivity index (χ4n) is 3.75. The molecule has 0 saturated heterocycles. The van der Waals surface area contributed by atoms with E-state index in [0.29, 0.717) is 17.1 Å². The molecule has 0 unspecified atom stereocenters. The first-order chi connectivity index (χ1) is 14.2. The summed E-state index contributed by atoms with van der Waals surface area (Å²) in [5.41, 5.74) is 5.21. The first-order valence-corrected chi connectivity index (χ1v) is 9.48. The third-order valence-corrected chi connectivity index (χ3v) is 5.24. The maximum atomic E-state index is 12.6. The van der Waals surface area contributed by atoms with Crippen molar-refractivity contribution in [2.24, 2.45) is 0 Å². The molecule has 1 heterocycles. The molecule has 1 aliphatic carbocycles. The molecular formula is C24H18O5. The minimum Gasteiger partial charge on any atom is -0.485 e. The van der Waals surface area contributed by atoms with Crippen LogP contribution in [0.1, 0.15) is 21.5 Å². The number of hydrogen-bond acceptors (Lipinski definition) is 5. The van der Waals surface area contributed by atoms with Gasteiger partial charge in [-0.05, 0) is 46.9 Å². The number of carbonyl (C=O) groups is 2. The Labute approximate surface area is 167 Å². The largest absolute Gasteiger partial charge is 0.485 e. The summed E-state index contributed by atoms with van der Waals surface area (Å²) in [6, 6.07) is 20.9. The Morgan fingerprint density at radius 3 is 2.55 bits per heavy atom. The lowest BCUT2D eigenvalue weighted by atomic mass is 10.0. The summed E-state index contributed by atoms with van der Waals surface area (Å²) in [6.07, 6.45) is -0.0141. The van der Waals surface area contributed by atoms with Gasteiger partial charge in [0.1, 0.15) is 6.61 Å². The number of rotatable bonds is 4. The number of para-hydroxylation sites is 2. The van der Waals surface area contributed by atoms with Crippen molar-refractivity contribution in [2.45, 2.75) is 12.5 Å². The van der Waals surface area contributed by atoms with Crippen LogP contribution >= 0.6 is 0 Å². The predicted molar refractivity (Wildman–Crippen MR) is 106 cm³/mol. The minimum absolute atomic E-state index is 0.0552. The van der Waals surface area contributed by atoms with Crippen molar-refractivity contribution >= 4 is 11.8 Å². The SMILES string of the molecule is O=C(COC(=O)[C@@H]1COc2ccccc2O1)c1ccc2c(c1)-c1ccccc1C2. The summed E-state index contributed by atoms with van der Waals surface area (Å²) in [7, 11) is 0. The average Bonchev–Trinajstić information content (AvgIpc) is 3.14. The Morgan fingerprint density at radius 2 is 1.66 bits per heavy atom. The molecule has 144 valence electrons. The molecule has 5 rings (SSSR count). The fourth-order valence-corrected chi connectivity index (χ4v) is 3.75. The van der Waals surface area contributed by atoms with E-state index in [1.807, 2.05) is 30.3 Å². The van der Waals surface area contributed by atoms with E-state index in [0.717, 1.165) is 17.5 Å². The van der Waals surface area contributed by atoms with Crippen molar-refractivity contribution in [3.8, 4) is 22.6 Å². The molecule has 29 heavy (non-hydrogen) atoms. The first-order valence-electron chi connectivity index (χ1n) is 9.48. The number of esters is 1. The van der Waals surface area contributed by atoms with Crippen LogP contribution in [0.5, 0.6) is 11.5 Å². The molecule has 0 bridgehead atoms. The second-order valence-corrected chi connectivity index (χ2v) is 7.10. The van der Waals surface area contributed by atoms with Crippen LogP contribution in [0.25, 0.3) is 11.1 Å². The van der Waals surface area contributed by atoms with Gasteiger partial charge in [-0.2, -0.15) is 0 Å². The van der Waals surface area contributed by atoms with Crippen LogP contribution in [0.3, 0.4) is 0 Å². The van der Waals surface area contributed by atoms with Gasteiger partial charge >= 0.3 is 5.97 Å². The average molecular weight is 386 g/mol. The summed E-state index contributed by atoms with van der Waals surface area (Å²) in [4.78, 5) is 24.9. The molecule has 0 N–H and O–H groups in total. The summed E-state index contributed by atoms with van der Waals surface area (Å²) < 4.78 is 16.4. The van der Waals surface area contributed by atoms with E-state index < -0.39 is 12.1 Å². The number of benzene rings is 3. The molecule has 2 aliphatic rings. The van der Waals surface area contributed by atoms with Gasteiger partial charge in [-0.15, -0.1) is 0 Å². The Hall–Kier alpha value is -3.60. The molecule has 0 saturated carbocycles. The van der Waals surface area contributed by atoms with E-state index in [1.165, 1.54) is 11.1 Å². The monoisotopic (exact) mass is 386 g/mol. The van der Waals surface area contributed by atoms with Crippen LogP contribution in [-0.2, 0) is 16.0 Å². The third-order valence-electron chi connectivity index (χ3n) is 5.24. The summed E-state index contributed by atoms with van der Waals surface area (Å²) in [5.74, 6) is 0.220. The molecule has 5 nitrogen and oxygen atoms in total. The highest BCUT2D eigenvalue weighted by Crippen LogP contribution is 2.37. The third kappa shape index (κ3) is 3.25. The number of hydrogen-bond donors (Lipinski definition) is 0. The Morgan fingerprint density at radius 1 is 0.897 bits per heavy atom. The standard InChI is InChI=1S/C24H18O5/c25-20(13-28-24(26)23-14-27-21-7-3-4-8-22(21)29-23)17-10-9-16-11-15-5-1-2-6-18(15)19(16)12-17/h1-10,12,23H,11,13-14H2/t23-/m0/s1. The fraction of sp³-hybridized carbons (Fsp3) is 0.167. The lowest BCUT2D eigenvalue weighted by molar-refractivity contribution is -0.153. The van der Waals surface area contributed by atoms with E-state index in [1.54, 1.807) is 24.3 Å². The first kappa shape index (κ1) is 17.5. The number of ether oxygens (including phenoxy) is 3. The maximum absolute atomic E-state index is 12.6. The van der Waals surface area contributed by atoms with Crippen LogP contribution in [-0.4, -0.2) is 31.1 Å². The van der Waals surface area contributed by atoms with Gasteiger partial charge in [-0.25, -0.2) is 4.79 Å². The van der Waals surface area contributed by atoms with Crippen molar-refractivity contribution in [2.75, 3.05) is 13.2 Å². The lowest BCUT2D eigenvalue weighted by Gasteiger charge is -2.24. The van der Waals surface area contributed by atoms with Gasteiger partial charge in [0.05, 0.1) is 0 Å². The minimum atomic E-state index is -0.885. The van der Waals surface area contributed by atoms with Gasteiger partial charge in [-0.1, -0.05) is 48.5 Å². The molecule has 0 fully saturated rings. The van der Waals surface area contributed by atoms with Crippen molar-refractivity contribution in [3.63, 3.8) is 0 Å². The summed E-state index contributed by atoms with van der Waals surface area (Å²) in [6.45, 7) is -0.277. The molecular weight excluding hydrogens is 368 g/mol. The van der Waals surface area contributed by atoms with Crippen molar-refractivity contribution in [3.05, 3.63) is 83.4 Å². The lowest BCUT2D eigenvalue weighted by Crippen LogP contribution is -2.38. The van der Waals surface area contributed by atoms with Gasteiger partial charge in [0.15, 0.2) is 23.9 Å². The van der Waals surface area contributed by atoms with E-state index >= 15 is 0 Å². The van der Waals surface area contributed by atoms with Crippen LogP contribution in [0.4, 0.5) is 0 Å². The highest BCUT2D eigenvalue weighted by molar-refractivity contribution is 5.99. The number of ketones is 1. The van der Waals surface area contributed by atoms with Crippen molar-refractivity contribution in [1.29, 1.82) is 0 Å². The van der Waals surface area contributed by atoms with Gasteiger partial charge in [0, 0.05) is 5.56 Å². The predicted octanol–water partition coefficient (Wildman–Crippen LogP) is 3.82. The smallest absolute Gasteiger partial charge is 0.351 e. The molecule has 1 aliphatic heterocycles. The molecule has 3 aromatic rings. The van der Waals surface area contributed by atoms with Gasteiger partial charge in [0.2, 0.25) is 6.10 Å². The van der Waals surface area contributed by atoms with Crippen LogP contribution < -0.4 is 9.47 Å². The van der Waals surface area contributed by atoms with Crippen molar-refractivity contribution < 1.29 is 23.8 Å². The molecule has 3 aromatic carbocycles. The second-order valence-electron chi connectivity index (χ2n) is 7.10. The number of fused-ring (bicyclic) bond motifs is 4. The van der Waals surface area contributed by atoms with E-state index in [-0.39, 0.29) is 19.0 Å². The van der Waals surface area contributed by atoms with Gasteiger partial charge in [0.25, 0.3) is 0 Å². The number of Topliss-reactive ketones (excluding diaryl/α,β-unsaturated/α-hetero) is 1. The summed E-state index contributed by atoms with van der Waals surface area (Å²) >= 11 is 0. The summed E-state index contributed by atoms with van der Waals surface area (Å²) in [5, 5.41) is 0. The maximum Gasteiger partial charge on any atom is 0.351 e. The Bertz CT molecular complexity index is 1120. The van der Waals surface area contributed by atoms with Crippen molar-refractivity contribution in [1.82, 2.24) is 0 Å². The highest BCUT2D eigenvalue weighted by Gasteiger charge is 2.29. The van der Waals surface area contributed by atoms with Crippen LogP contribution in [0, 0.1) is 0 Å². The quantitative estimate of drug-likeness (QED) is 0.394. The van der Waals surface area contributed by atoms with E-state index in [9.17, 15) is 9.59 Å². The Balaban J connectivity index is 1.25. The zero-order valence-electron chi connectivity index (χ0n) is 15.6. The topological polar surface area (TPSA) is 61.8 Å². The van der Waals surface area contributed by atoms with Crippen LogP contribution in [0.2, 0.25) is 0 Å². The zero-order valence-corrected chi connectivity index (χ0v) is 15.6. The molecule has 1 atom stereocenters. The normalized spacial score (nSPS) is 15.9. The van der Waals surface area contributed by atoms with Gasteiger partial charge in [-0.3, -0.25) is 4.79 Å². The molecule has 5 heteroatoms. The Kier molecular flexibility index (Phi) is 4.28. The van der Waals surface area contributed by atoms with E-state index in [2.05, 4.69) is 12.1 Å². The molecule has 0 amide bonds.